The fourth-order valence-electron chi connectivity index (χ4n) is 1.02. The van der Waals surface area contributed by atoms with Crippen LogP contribution in [0.25, 0.3) is 0 Å². The molecule has 0 radical (unpaired) electrons. The van der Waals surface area contributed by atoms with Crippen LogP contribution in [0.1, 0.15) is 5.56 Å². The summed E-state index contributed by atoms with van der Waals surface area (Å²) in [7, 11) is 0. The van der Waals surface area contributed by atoms with Crippen LogP contribution in [0, 0.1) is 6.92 Å². The molecule has 0 saturated carbocycles. The van der Waals surface area contributed by atoms with E-state index >= 15 is 0 Å². The first-order chi connectivity index (χ1) is 6.74. The number of ether oxygens (including phenoxy) is 1. The molecule has 1 aromatic heterocycles. The molecular weight excluding hydrogens is 196 g/mol. The summed E-state index contributed by atoms with van der Waals surface area (Å²) in [4.78, 5) is 4.00. The zero-order valence-corrected chi connectivity index (χ0v) is 8.54. The van der Waals surface area contributed by atoms with Crippen molar-refractivity contribution in [3.63, 3.8) is 0 Å². The Kier molecular flexibility index (Phi) is 2.37. The molecule has 2 aromatic rings. The van der Waals surface area contributed by atoms with Crippen LogP contribution in [0.5, 0.6) is 10.9 Å². The Morgan fingerprint density at radius 3 is 2.57 bits per heavy atom. The molecule has 4 heteroatoms. The normalized spacial score (nSPS) is 10.1. The summed E-state index contributed by atoms with van der Waals surface area (Å²) < 4.78 is 5.48. The number of aryl methyl sites for hydroxylation is 1. The van der Waals surface area contributed by atoms with Gasteiger partial charge in [-0.25, -0.2) is 0 Å². The van der Waals surface area contributed by atoms with Crippen LogP contribution in [-0.4, -0.2) is 4.98 Å². The zero-order valence-electron chi connectivity index (χ0n) is 7.73. The molecule has 0 aliphatic carbocycles. The minimum Gasteiger partial charge on any atom is -0.431 e. The number of thiazole rings is 1. The molecule has 1 aromatic carbocycles. The number of rotatable bonds is 2. The Morgan fingerprint density at radius 2 is 2.00 bits per heavy atom. The van der Waals surface area contributed by atoms with Crippen molar-refractivity contribution in [2.75, 3.05) is 5.73 Å². The predicted molar refractivity (Wildman–Crippen MR) is 57.8 cm³/mol. The minimum absolute atomic E-state index is 0.497. The summed E-state index contributed by atoms with van der Waals surface area (Å²) in [6.45, 7) is 2.03. The quantitative estimate of drug-likeness (QED) is 0.821. The van der Waals surface area contributed by atoms with Gasteiger partial charge in [-0.2, -0.15) is 4.98 Å². The summed E-state index contributed by atoms with van der Waals surface area (Å²) in [5, 5.41) is 2.33. The average molecular weight is 206 g/mol. The maximum Gasteiger partial charge on any atom is 0.280 e. The van der Waals surface area contributed by atoms with Crippen LogP contribution in [0.15, 0.2) is 29.6 Å². The van der Waals surface area contributed by atoms with E-state index in [1.165, 1.54) is 16.9 Å². The van der Waals surface area contributed by atoms with Crippen molar-refractivity contribution in [1.82, 2.24) is 4.98 Å². The number of nitrogens with two attached hydrogens (primary N) is 1. The molecule has 0 amide bonds. The molecule has 0 spiro atoms. The standard InChI is InChI=1S/C10H10N2OS/c1-7-2-4-8(5-3-7)13-10-12-9(11)6-14-10/h2-6H,11H2,1H3. The topological polar surface area (TPSA) is 48.1 Å². The molecule has 3 nitrogen and oxygen atoms in total. The van der Waals surface area contributed by atoms with Gasteiger partial charge in [-0.1, -0.05) is 29.0 Å². The Hall–Kier alpha value is -1.55. The van der Waals surface area contributed by atoms with Crippen molar-refractivity contribution >= 4 is 17.2 Å². The van der Waals surface area contributed by atoms with Crippen molar-refractivity contribution in [2.24, 2.45) is 0 Å². The largest absolute Gasteiger partial charge is 0.431 e. The molecule has 72 valence electrons. The highest BCUT2D eigenvalue weighted by molar-refractivity contribution is 7.11. The first-order valence-electron chi connectivity index (χ1n) is 4.19. The molecule has 0 atom stereocenters. The van der Waals surface area contributed by atoms with Crippen LogP contribution < -0.4 is 10.5 Å². The van der Waals surface area contributed by atoms with Gasteiger partial charge in [0.25, 0.3) is 5.19 Å². The highest BCUT2D eigenvalue weighted by Crippen LogP contribution is 2.25. The number of hydrogen-bond donors (Lipinski definition) is 1. The monoisotopic (exact) mass is 206 g/mol. The predicted octanol–water partition coefficient (Wildman–Crippen LogP) is 2.83. The maximum atomic E-state index is 5.48. The van der Waals surface area contributed by atoms with E-state index in [0.29, 0.717) is 11.0 Å². The van der Waals surface area contributed by atoms with Gasteiger partial charge >= 0.3 is 0 Å². The van der Waals surface area contributed by atoms with Gasteiger partial charge in [-0.3, -0.25) is 0 Å². The van der Waals surface area contributed by atoms with E-state index in [1.807, 2.05) is 31.2 Å². The van der Waals surface area contributed by atoms with Gasteiger partial charge in [0.15, 0.2) is 0 Å². The van der Waals surface area contributed by atoms with E-state index in [2.05, 4.69) is 4.98 Å². The summed E-state index contributed by atoms with van der Waals surface area (Å²) in [6.07, 6.45) is 0. The number of benzene rings is 1. The van der Waals surface area contributed by atoms with Crippen LogP contribution in [-0.2, 0) is 0 Å². The number of nitrogen functional groups attached to an aromatic ring is 1. The fraction of sp³-hybridized carbons (Fsp3) is 0.100. The van der Waals surface area contributed by atoms with E-state index in [-0.39, 0.29) is 0 Å². The second kappa shape index (κ2) is 3.67. The van der Waals surface area contributed by atoms with Crippen molar-refractivity contribution < 1.29 is 4.74 Å². The van der Waals surface area contributed by atoms with Crippen LogP contribution in [0.2, 0.25) is 0 Å². The van der Waals surface area contributed by atoms with Gasteiger partial charge < -0.3 is 10.5 Å². The van der Waals surface area contributed by atoms with E-state index in [1.54, 1.807) is 5.38 Å². The highest BCUT2D eigenvalue weighted by atomic mass is 32.1. The lowest BCUT2D eigenvalue weighted by atomic mass is 10.2. The molecule has 14 heavy (non-hydrogen) atoms. The number of nitrogens with zero attached hydrogens (tertiary/aromatic N) is 1. The molecule has 0 saturated heterocycles. The molecule has 0 bridgehead atoms. The molecule has 0 fully saturated rings. The molecule has 0 unspecified atom stereocenters. The third-order valence-corrected chi connectivity index (χ3v) is 2.46. The van der Waals surface area contributed by atoms with Crippen molar-refractivity contribution in [3.05, 3.63) is 35.2 Å². The molecular formula is C10H10N2OS. The summed E-state index contributed by atoms with van der Waals surface area (Å²) in [6, 6.07) is 7.80. The summed E-state index contributed by atoms with van der Waals surface area (Å²) >= 11 is 1.39. The molecule has 0 aliphatic rings. The SMILES string of the molecule is Cc1ccc(Oc2nc(N)cs2)cc1. The van der Waals surface area contributed by atoms with E-state index in [4.69, 9.17) is 10.5 Å². The Morgan fingerprint density at radius 1 is 1.29 bits per heavy atom. The summed E-state index contributed by atoms with van der Waals surface area (Å²) in [5.41, 5.74) is 6.68. The van der Waals surface area contributed by atoms with E-state index in [9.17, 15) is 0 Å². The lowest BCUT2D eigenvalue weighted by Gasteiger charge is -2.00. The van der Waals surface area contributed by atoms with E-state index < -0.39 is 0 Å². The number of aromatic nitrogens is 1. The summed E-state index contributed by atoms with van der Waals surface area (Å²) in [5.74, 6) is 1.28. The van der Waals surface area contributed by atoms with Gasteiger partial charge in [0, 0.05) is 5.38 Å². The smallest absolute Gasteiger partial charge is 0.280 e. The molecule has 2 rings (SSSR count). The van der Waals surface area contributed by atoms with E-state index in [0.717, 1.165) is 5.75 Å². The molecule has 0 aliphatic heterocycles. The van der Waals surface area contributed by atoms with Gasteiger partial charge in [0.1, 0.15) is 11.6 Å². The lowest BCUT2D eigenvalue weighted by Crippen LogP contribution is -1.86. The fourth-order valence-corrected chi connectivity index (χ4v) is 1.60. The Bertz CT molecular complexity index is 422. The van der Waals surface area contributed by atoms with Crippen molar-refractivity contribution in [1.29, 1.82) is 0 Å². The second-order valence-electron chi connectivity index (χ2n) is 2.95. The van der Waals surface area contributed by atoms with Gasteiger partial charge in [-0.05, 0) is 19.1 Å². The first kappa shape index (κ1) is 9.02. The Labute approximate surface area is 86.2 Å². The molecule has 1 heterocycles. The lowest BCUT2D eigenvalue weighted by molar-refractivity contribution is 0.479. The van der Waals surface area contributed by atoms with Crippen molar-refractivity contribution in [2.45, 2.75) is 6.92 Å². The third kappa shape index (κ3) is 2.03. The van der Waals surface area contributed by atoms with Crippen LogP contribution in [0.4, 0.5) is 5.82 Å². The molecule has 2 N–H and O–H groups in total. The average Bonchev–Trinajstić information content (AvgIpc) is 2.56. The first-order valence-corrected chi connectivity index (χ1v) is 5.07. The van der Waals surface area contributed by atoms with Crippen LogP contribution >= 0.6 is 11.3 Å². The van der Waals surface area contributed by atoms with Gasteiger partial charge in [0.2, 0.25) is 0 Å². The Balaban J connectivity index is 2.15. The highest BCUT2D eigenvalue weighted by Gasteiger charge is 2.00. The van der Waals surface area contributed by atoms with Gasteiger partial charge in [0.05, 0.1) is 0 Å². The second-order valence-corrected chi connectivity index (χ2v) is 3.77. The third-order valence-electron chi connectivity index (χ3n) is 1.73. The number of hydrogen-bond acceptors (Lipinski definition) is 4. The number of anilines is 1. The van der Waals surface area contributed by atoms with Gasteiger partial charge in [-0.15, -0.1) is 0 Å². The minimum atomic E-state index is 0.497. The van der Waals surface area contributed by atoms with Crippen LogP contribution in [0.3, 0.4) is 0 Å². The van der Waals surface area contributed by atoms with Crippen molar-refractivity contribution in [3.8, 4) is 10.9 Å². The maximum absolute atomic E-state index is 5.48. The zero-order chi connectivity index (χ0) is 9.97.